The fourth-order valence-electron chi connectivity index (χ4n) is 2.76. The predicted octanol–water partition coefficient (Wildman–Crippen LogP) is 2.50. The van der Waals surface area contributed by atoms with E-state index in [1.807, 2.05) is 25.1 Å². The summed E-state index contributed by atoms with van der Waals surface area (Å²) < 4.78 is 14.3. The van der Waals surface area contributed by atoms with Crippen molar-refractivity contribution >= 4 is 28.2 Å². The number of aromatic nitrogens is 3. The molecule has 0 fully saturated rings. The van der Waals surface area contributed by atoms with Gasteiger partial charge in [0.2, 0.25) is 0 Å². The summed E-state index contributed by atoms with van der Waals surface area (Å²) in [6, 6.07) is 11.6. The molecule has 0 atom stereocenters. The molecule has 2 aromatic heterocycles. The van der Waals surface area contributed by atoms with Crippen LogP contribution in [0.5, 0.6) is 0 Å². The van der Waals surface area contributed by atoms with E-state index in [0.29, 0.717) is 10.2 Å². The van der Waals surface area contributed by atoms with E-state index < -0.39 is 17.1 Å². The highest BCUT2D eigenvalue weighted by Gasteiger charge is 2.12. The van der Waals surface area contributed by atoms with Crippen LogP contribution in [0.15, 0.2) is 57.2 Å². The van der Waals surface area contributed by atoms with Crippen LogP contribution in [0.3, 0.4) is 0 Å². The van der Waals surface area contributed by atoms with Crippen molar-refractivity contribution < 1.29 is 4.39 Å². The lowest BCUT2D eigenvalue weighted by Gasteiger charge is -1.99. The van der Waals surface area contributed by atoms with Crippen molar-refractivity contribution in [2.75, 3.05) is 0 Å². The van der Waals surface area contributed by atoms with Gasteiger partial charge in [-0.15, -0.1) is 4.68 Å². The molecule has 0 bridgehead atoms. The van der Waals surface area contributed by atoms with Crippen molar-refractivity contribution in [2.24, 2.45) is 5.10 Å². The summed E-state index contributed by atoms with van der Waals surface area (Å²) in [6.07, 6.45) is 1.14. The molecule has 6 nitrogen and oxygen atoms in total. The number of H-pyrrole nitrogens is 2. The number of fused-ring (bicyclic) bond motifs is 3. The van der Waals surface area contributed by atoms with Crippen LogP contribution in [0.4, 0.5) is 4.39 Å². The van der Waals surface area contributed by atoms with Gasteiger partial charge in [0.1, 0.15) is 11.3 Å². The Labute approximate surface area is 140 Å². The molecule has 0 radical (unpaired) electrons. The number of rotatable bonds is 2. The Morgan fingerprint density at radius 1 is 1.08 bits per heavy atom. The lowest BCUT2D eigenvalue weighted by Crippen LogP contribution is -2.32. The molecule has 0 spiro atoms. The van der Waals surface area contributed by atoms with E-state index in [1.165, 1.54) is 12.1 Å². The average Bonchev–Trinajstić information content (AvgIpc) is 2.94. The number of nitrogens with one attached hydrogen (secondary N) is 2. The van der Waals surface area contributed by atoms with Gasteiger partial charge >= 0.3 is 11.2 Å². The van der Waals surface area contributed by atoms with Gasteiger partial charge in [0, 0.05) is 16.5 Å². The zero-order valence-corrected chi connectivity index (χ0v) is 13.2. The number of nitrogens with zero attached hydrogens (tertiary/aromatic N) is 2. The minimum Gasteiger partial charge on any atom is -0.349 e. The molecule has 0 unspecified atom stereocenters. The number of aromatic amines is 2. The van der Waals surface area contributed by atoms with E-state index >= 15 is 0 Å². The number of halogens is 1. The van der Waals surface area contributed by atoms with Gasteiger partial charge in [-0.25, -0.2) is 9.18 Å². The van der Waals surface area contributed by atoms with E-state index in [0.717, 1.165) is 22.7 Å². The van der Waals surface area contributed by atoms with Gasteiger partial charge in [0.05, 0.1) is 11.7 Å². The molecule has 2 heterocycles. The van der Waals surface area contributed by atoms with Crippen LogP contribution in [0.1, 0.15) is 11.1 Å². The van der Waals surface area contributed by atoms with Crippen molar-refractivity contribution in [3.8, 4) is 0 Å². The summed E-state index contributed by atoms with van der Waals surface area (Å²) in [4.78, 5) is 30.6. The quantitative estimate of drug-likeness (QED) is 0.551. The third kappa shape index (κ3) is 2.46. The first-order valence-corrected chi connectivity index (χ1v) is 7.61. The fraction of sp³-hybridized carbons (Fsp3) is 0.0556. The number of aryl methyl sites for hydroxylation is 1. The maximum absolute atomic E-state index is 13.7. The molecule has 124 valence electrons. The zero-order chi connectivity index (χ0) is 17.6. The molecule has 2 aromatic carbocycles. The Hall–Kier alpha value is -3.48. The second-order valence-corrected chi connectivity index (χ2v) is 5.74. The molecule has 7 heteroatoms. The SMILES string of the molecule is Cc1ccc2[nH]c3c(=O)n(/N=C/c4ccccc4F)c(=O)[nH]c3c2c1. The van der Waals surface area contributed by atoms with Gasteiger partial charge in [-0.2, -0.15) is 5.10 Å². The molecule has 2 N–H and O–H groups in total. The first kappa shape index (κ1) is 15.1. The summed E-state index contributed by atoms with van der Waals surface area (Å²) in [5.74, 6) is -0.488. The Balaban J connectivity index is 1.94. The number of benzene rings is 2. The monoisotopic (exact) mass is 336 g/mol. The number of hydrogen-bond acceptors (Lipinski definition) is 3. The smallest absolute Gasteiger partial charge is 0.349 e. The lowest BCUT2D eigenvalue weighted by molar-refractivity contribution is 0.625. The summed E-state index contributed by atoms with van der Waals surface area (Å²) in [7, 11) is 0. The standard InChI is InChI=1S/C18H13FN4O2/c1-10-6-7-14-12(8-10)15-16(21-14)17(24)23(18(25)22-15)20-9-11-4-2-3-5-13(11)19/h2-9,21H,1H3,(H,22,25)/b20-9+. The summed E-state index contributed by atoms with van der Waals surface area (Å²) in [5.41, 5.74) is 1.32. The Morgan fingerprint density at radius 2 is 1.88 bits per heavy atom. The van der Waals surface area contributed by atoms with E-state index in [1.54, 1.807) is 12.1 Å². The van der Waals surface area contributed by atoms with Crippen LogP contribution in [0.25, 0.3) is 21.9 Å². The van der Waals surface area contributed by atoms with Crippen LogP contribution in [0.2, 0.25) is 0 Å². The number of hydrogen-bond donors (Lipinski definition) is 2. The Kier molecular flexibility index (Phi) is 3.35. The minimum absolute atomic E-state index is 0.182. The van der Waals surface area contributed by atoms with Crippen molar-refractivity contribution in [3.63, 3.8) is 0 Å². The van der Waals surface area contributed by atoms with Gasteiger partial charge in [0.15, 0.2) is 0 Å². The van der Waals surface area contributed by atoms with E-state index in [9.17, 15) is 14.0 Å². The normalized spacial score (nSPS) is 11.8. The zero-order valence-electron chi connectivity index (χ0n) is 13.2. The molecule has 0 aliphatic carbocycles. The minimum atomic E-state index is -0.688. The van der Waals surface area contributed by atoms with Crippen LogP contribution >= 0.6 is 0 Å². The van der Waals surface area contributed by atoms with E-state index in [4.69, 9.17) is 0 Å². The largest absolute Gasteiger partial charge is 0.350 e. The van der Waals surface area contributed by atoms with Gasteiger partial charge in [-0.1, -0.05) is 29.8 Å². The predicted molar refractivity (Wildman–Crippen MR) is 94.8 cm³/mol. The Bertz CT molecular complexity index is 1260. The molecule has 25 heavy (non-hydrogen) atoms. The first-order chi connectivity index (χ1) is 12.0. The molecule has 4 rings (SSSR count). The second kappa shape index (κ2) is 5.55. The maximum Gasteiger partial charge on any atom is 0.350 e. The molecule has 0 saturated carbocycles. The van der Waals surface area contributed by atoms with Gasteiger partial charge < -0.3 is 9.97 Å². The summed E-state index contributed by atoms with van der Waals surface area (Å²) >= 11 is 0. The third-order valence-electron chi connectivity index (χ3n) is 4.00. The van der Waals surface area contributed by atoms with Gasteiger partial charge in [-0.05, 0) is 25.1 Å². The summed E-state index contributed by atoms with van der Waals surface area (Å²) in [5, 5.41) is 4.61. The van der Waals surface area contributed by atoms with Crippen molar-refractivity contribution in [1.82, 2.24) is 14.6 Å². The molecule has 0 amide bonds. The molecular formula is C18H13FN4O2. The van der Waals surface area contributed by atoms with Crippen LogP contribution in [-0.2, 0) is 0 Å². The van der Waals surface area contributed by atoms with E-state index in [-0.39, 0.29) is 11.1 Å². The highest BCUT2D eigenvalue weighted by molar-refractivity contribution is 6.04. The second-order valence-electron chi connectivity index (χ2n) is 5.74. The van der Waals surface area contributed by atoms with Crippen molar-refractivity contribution in [3.05, 3.63) is 80.2 Å². The van der Waals surface area contributed by atoms with Crippen molar-refractivity contribution in [2.45, 2.75) is 6.92 Å². The topological polar surface area (TPSA) is 83.0 Å². The highest BCUT2D eigenvalue weighted by Crippen LogP contribution is 2.21. The van der Waals surface area contributed by atoms with Crippen LogP contribution in [0, 0.1) is 12.7 Å². The van der Waals surface area contributed by atoms with Crippen LogP contribution in [-0.4, -0.2) is 20.9 Å². The van der Waals surface area contributed by atoms with E-state index in [2.05, 4.69) is 15.1 Å². The van der Waals surface area contributed by atoms with Gasteiger partial charge in [0.25, 0.3) is 0 Å². The maximum atomic E-state index is 13.7. The first-order valence-electron chi connectivity index (χ1n) is 7.61. The van der Waals surface area contributed by atoms with Gasteiger partial charge in [-0.3, -0.25) is 4.79 Å². The summed E-state index contributed by atoms with van der Waals surface area (Å²) in [6.45, 7) is 1.93. The molecule has 0 saturated heterocycles. The fourth-order valence-corrected chi connectivity index (χ4v) is 2.76. The highest BCUT2D eigenvalue weighted by atomic mass is 19.1. The molecule has 4 aromatic rings. The Morgan fingerprint density at radius 3 is 2.68 bits per heavy atom. The molecule has 0 aliphatic heterocycles. The lowest BCUT2D eigenvalue weighted by atomic mass is 10.2. The van der Waals surface area contributed by atoms with Crippen LogP contribution < -0.4 is 11.2 Å². The average molecular weight is 336 g/mol. The molecular weight excluding hydrogens is 323 g/mol. The van der Waals surface area contributed by atoms with Crippen molar-refractivity contribution in [1.29, 1.82) is 0 Å². The third-order valence-corrected chi connectivity index (χ3v) is 4.00. The molecule has 0 aliphatic rings.